The molecule has 0 fully saturated rings. The molecule has 0 spiro atoms. The van der Waals surface area contributed by atoms with Gasteiger partial charge in [0.05, 0.1) is 11.4 Å². The number of nitrogens with one attached hydrogen (secondary N) is 1. The fraction of sp³-hybridized carbons (Fsp3) is 0.438. The van der Waals surface area contributed by atoms with E-state index in [1.54, 1.807) is 0 Å². The third-order valence-electron chi connectivity index (χ3n) is 3.81. The van der Waals surface area contributed by atoms with Crippen LogP contribution in [0.1, 0.15) is 32.4 Å². The maximum absolute atomic E-state index is 9.12. The van der Waals surface area contributed by atoms with Gasteiger partial charge >= 0.3 is 0 Å². The number of hydrogen-bond acceptors (Lipinski definition) is 3. The van der Waals surface area contributed by atoms with Gasteiger partial charge in [-0.2, -0.15) is 5.10 Å². The second kappa shape index (κ2) is 6.68. The van der Waals surface area contributed by atoms with Gasteiger partial charge in [-0.3, -0.25) is 0 Å². The van der Waals surface area contributed by atoms with Crippen molar-refractivity contribution in [3.63, 3.8) is 0 Å². The Morgan fingerprint density at radius 1 is 1.25 bits per heavy atom. The molecular formula is C16H23N3O. The van der Waals surface area contributed by atoms with Gasteiger partial charge in [-0.1, -0.05) is 25.1 Å². The van der Waals surface area contributed by atoms with E-state index >= 15 is 0 Å². The SMILES string of the molecule is CCC(C)(CCO)NCc1ccn(-c2ccccc2)n1. The molecule has 0 saturated heterocycles. The average molecular weight is 273 g/mol. The van der Waals surface area contributed by atoms with Crippen LogP contribution in [0.2, 0.25) is 0 Å². The molecule has 0 aliphatic heterocycles. The van der Waals surface area contributed by atoms with E-state index in [4.69, 9.17) is 5.11 Å². The molecule has 20 heavy (non-hydrogen) atoms. The zero-order valence-corrected chi connectivity index (χ0v) is 12.2. The molecule has 1 aromatic heterocycles. The topological polar surface area (TPSA) is 50.1 Å². The molecule has 2 N–H and O–H groups in total. The number of benzene rings is 1. The van der Waals surface area contributed by atoms with Crippen molar-refractivity contribution in [3.8, 4) is 5.69 Å². The third-order valence-corrected chi connectivity index (χ3v) is 3.81. The van der Waals surface area contributed by atoms with Crippen molar-refractivity contribution >= 4 is 0 Å². The number of aliphatic hydroxyl groups is 1. The standard InChI is InChI=1S/C16H23N3O/c1-3-16(2,10-12-20)17-13-14-9-11-19(18-14)15-7-5-4-6-8-15/h4-9,11,17,20H,3,10,12-13H2,1-2H3. The van der Waals surface area contributed by atoms with Gasteiger partial charge in [0.1, 0.15) is 0 Å². The third kappa shape index (κ3) is 3.68. The summed E-state index contributed by atoms with van der Waals surface area (Å²) in [6.07, 6.45) is 3.71. The van der Waals surface area contributed by atoms with Crippen molar-refractivity contribution in [3.05, 3.63) is 48.3 Å². The molecule has 108 valence electrons. The minimum Gasteiger partial charge on any atom is -0.396 e. The lowest BCUT2D eigenvalue weighted by Crippen LogP contribution is -2.42. The Balaban J connectivity index is 2.00. The van der Waals surface area contributed by atoms with E-state index in [1.807, 2.05) is 47.3 Å². The lowest BCUT2D eigenvalue weighted by atomic mass is 9.95. The van der Waals surface area contributed by atoms with Crippen LogP contribution in [0.4, 0.5) is 0 Å². The van der Waals surface area contributed by atoms with Gasteiger partial charge < -0.3 is 10.4 Å². The number of nitrogens with zero attached hydrogens (tertiary/aromatic N) is 2. The second-order valence-corrected chi connectivity index (χ2v) is 5.33. The Labute approximate surface area is 120 Å². The van der Waals surface area contributed by atoms with Crippen molar-refractivity contribution in [1.29, 1.82) is 0 Å². The van der Waals surface area contributed by atoms with Crippen molar-refractivity contribution in [2.75, 3.05) is 6.61 Å². The molecule has 4 heteroatoms. The van der Waals surface area contributed by atoms with Crippen LogP contribution >= 0.6 is 0 Å². The molecule has 0 amide bonds. The lowest BCUT2D eigenvalue weighted by molar-refractivity contribution is 0.214. The molecule has 0 radical (unpaired) electrons. The molecule has 2 rings (SSSR count). The first kappa shape index (κ1) is 14.8. The van der Waals surface area contributed by atoms with Crippen LogP contribution in [0, 0.1) is 0 Å². The van der Waals surface area contributed by atoms with Crippen LogP contribution in [0.5, 0.6) is 0 Å². The Hall–Kier alpha value is -1.65. The van der Waals surface area contributed by atoms with Crippen LogP contribution in [-0.4, -0.2) is 27.0 Å². The minimum absolute atomic E-state index is 0.0364. The molecule has 1 unspecified atom stereocenters. The normalized spacial score (nSPS) is 14.2. The molecular weight excluding hydrogens is 250 g/mol. The smallest absolute Gasteiger partial charge is 0.0767 e. The van der Waals surface area contributed by atoms with Crippen LogP contribution in [0.25, 0.3) is 5.69 Å². The highest BCUT2D eigenvalue weighted by Gasteiger charge is 2.20. The largest absolute Gasteiger partial charge is 0.396 e. The van der Waals surface area contributed by atoms with E-state index in [9.17, 15) is 0 Å². The molecule has 1 heterocycles. The molecule has 2 aromatic rings. The molecule has 4 nitrogen and oxygen atoms in total. The Bertz CT molecular complexity index is 524. The summed E-state index contributed by atoms with van der Waals surface area (Å²) in [5.41, 5.74) is 2.03. The summed E-state index contributed by atoms with van der Waals surface area (Å²) in [7, 11) is 0. The molecule has 1 aromatic carbocycles. The maximum Gasteiger partial charge on any atom is 0.0767 e. The van der Waals surface area contributed by atoms with E-state index in [0.717, 1.165) is 24.2 Å². The predicted molar refractivity (Wildman–Crippen MR) is 80.8 cm³/mol. The summed E-state index contributed by atoms with van der Waals surface area (Å²) in [5.74, 6) is 0. The van der Waals surface area contributed by atoms with Gasteiger partial charge in [0, 0.05) is 24.9 Å². The van der Waals surface area contributed by atoms with E-state index in [1.165, 1.54) is 0 Å². The van der Waals surface area contributed by atoms with Gasteiger partial charge in [-0.15, -0.1) is 0 Å². The quantitative estimate of drug-likeness (QED) is 0.815. The van der Waals surface area contributed by atoms with E-state index in [0.29, 0.717) is 6.54 Å². The van der Waals surface area contributed by atoms with Crippen LogP contribution < -0.4 is 5.32 Å². The average Bonchev–Trinajstić information content (AvgIpc) is 2.95. The fourth-order valence-corrected chi connectivity index (χ4v) is 2.12. The molecule has 0 aliphatic carbocycles. The fourth-order valence-electron chi connectivity index (χ4n) is 2.12. The summed E-state index contributed by atoms with van der Waals surface area (Å²) in [6, 6.07) is 12.1. The lowest BCUT2D eigenvalue weighted by Gasteiger charge is -2.28. The van der Waals surface area contributed by atoms with Crippen LogP contribution in [0.3, 0.4) is 0 Å². The van der Waals surface area contributed by atoms with Crippen molar-refractivity contribution < 1.29 is 5.11 Å². The number of aliphatic hydroxyl groups excluding tert-OH is 1. The summed E-state index contributed by atoms with van der Waals surface area (Å²) >= 11 is 0. The molecule has 0 bridgehead atoms. The zero-order valence-electron chi connectivity index (χ0n) is 12.2. The number of hydrogen-bond donors (Lipinski definition) is 2. The number of rotatable bonds is 7. The van der Waals surface area contributed by atoms with Gasteiger partial charge in [-0.25, -0.2) is 4.68 Å². The van der Waals surface area contributed by atoms with Crippen LogP contribution in [0.15, 0.2) is 42.6 Å². The molecule has 1 atom stereocenters. The first-order valence-electron chi connectivity index (χ1n) is 7.13. The minimum atomic E-state index is -0.0364. The maximum atomic E-state index is 9.12. The van der Waals surface area contributed by atoms with Crippen molar-refractivity contribution in [2.45, 2.75) is 38.8 Å². The van der Waals surface area contributed by atoms with Crippen molar-refractivity contribution in [1.82, 2.24) is 15.1 Å². The summed E-state index contributed by atoms with van der Waals surface area (Å²) in [5, 5.41) is 17.2. The molecule has 0 saturated carbocycles. The predicted octanol–water partition coefficient (Wildman–Crippen LogP) is 2.51. The van der Waals surface area contributed by atoms with Gasteiger partial charge in [-0.05, 0) is 38.0 Å². The van der Waals surface area contributed by atoms with E-state index in [2.05, 4.69) is 24.3 Å². The highest BCUT2D eigenvalue weighted by Crippen LogP contribution is 2.15. The second-order valence-electron chi connectivity index (χ2n) is 5.33. The number of aromatic nitrogens is 2. The Morgan fingerprint density at radius 2 is 2.00 bits per heavy atom. The highest BCUT2D eigenvalue weighted by molar-refractivity contribution is 5.30. The monoisotopic (exact) mass is 273 g/mol. The Kier molecular flexibility index (Phi) is 4.93. The Morgan fingerprint density at radius 3 is 2.65 bits per heavy atom. The summed E-state index contributed by atoms with van der Waals surface area (Å²) in [6.45, 7) is 5.18. The van der Waals surface area contributed by atoms with Crippen molar-refractivity contribution in [2.24, 2.45) is 0 Å². The van der Waals surface area contributed by atoms with Gasteiger partial charge in [0.15, 0.2) is 0 Å². The summed E-state index contributed by atoms with van der Waals surface area (Å²) in [4.78, 5) is 0. The molecule has 0 aliphatic rings. The zero-order chi connectivity index (χ0) is 14.4. The van der Waals surface area contributed by atoms with Gasteiger partial charge in [0.25, 0.3) is 0 Å². The first-order valence-corrected chi connectivity index (χ1v) is 7.13. The van der Waals surface area contributed by atoms with E-state index < -0.39 is 0 Å². The highest BCUT2D eigenvalue weighted by atomic mass is 16.3. The first-order chi connectivity index (χ1) is 9.67. The van der Waals surface area contributed by atoms with E-state index in [-0.39, 0.29) is 12.1 Å². The number of para-hydroxylation sites is 1. The van der Waals surface area contributed by atoms with Crippen LogP contribution in [-0.2, 0) is 6.54 Å². The summed E-state index contributed by atoms with van der Waals surface area (Å²) < 4.78 is 1.88. The van der Waals surface area contributed by atoms with Gasteiger partial charge in [0.2, 0.25) is 0 Å².